The van der Waals surface area contributed by atoms with Crippen LogP contribution in [0, 0.1) is 17.0 Å². The first-order valence-corrected chi connectivity index (χ1v) is 12.0. The van der Waals surface area contributed by atoms with Crippen LogP contribution in [0.5, 0.6) is 0 Å². The number of carbonyl (C=O) groups excluding carboxylic acids is 1. The Bertz CT molecular complexity index is 1330. The Hall–Kier alpha value is -3.61. The highest BCUT2D eigenvalue weighted by molar-refractivity contribution is 7.89. The van der Waals surface area contributed by atoms with E-state index >= 15 is 0 Å². The van der Waals surface area contributed by atoms with Gasteiger partial charge in [0, 0.05) is 49.9 Å². The number of benzene rings is 2. The summed E-state index contributed by atoms with van der Waals surface area (Å²) in [6.07, 6.45) is 0. The van der Waals surface area contributed by atoms with Crippen LogP contribution in [0.2, 0.25) is 0 Å². The van der Waals surface area contributed by atoms with Crippen LogP contribution in [0.25, 0.3) is 5.69 Å². The zero-order chi connectivity index (χ0) is 24.5. The third-order valence-electron chi connectivity index (χ3n) is 5.57. The highest BCUT2D eigenvalue weighted by Crippen LogP contribution is 2.22. The molecule has 0 saturated carbocycles. The third-order valence-corrected chi connectivity index (χ3v) is 7.47. The van der Waals surface area contributed by atoms with Crippen LogP contribution < -0.4 is 5.32 Å². The summed E-state index contributed by atoms with van der Waals surface area (Å²) in [6, 6.07) is 13.3. The molecule has 0 spiro atoms. The summed E-state index contributed by atoms with van der Waals surface area (Å²) < 4.78 is 29.0. The lowest BCUT2D eigenvalue weighted by Gasteiger charge is -2.31. The number of aryl methyl sites for hydroxylation is 1. The molecule has 2 aromatic carbocycles. The average molecular weight is 485 g/mol. The Kier molecular flexibility index (Phi) is 6.46. The van der Waals surface area contributed by atoms with Gasteiger partial charge in [0.1, 0.15) is 5.82 Å². The number of amides is 1. The molecule has 2 heterocycles. The topological polar surface area (TPSA) is 131 Å². The van der Waals surface area contributed by atoms with E-state index in [1.165, 1.54) is 57.5 Å². The van der Waals surface area contributed by atoms with Crippen molar-refractivity contribution in [1.29, 1.82) is 0 Å². The number of rotatable bonds is 6. The normalized spacial score (nSPS) is 15.2. The molecule has 1 aliphatic rings. The first kappa shape index (κ1) is 23.5. The lowest BCUT2D eigenvalue weighted by atomic mass is 10.2. The Morgan fingerprint density at radius 1 is 1.06 bits per heavy atom. The van der Waals surface area contributed by atoms with Gasteiger partial charge in [-0.25, -0.2) is 13.1 Å². The summed E-state index contributed by atoms with van der Waals surface area (Å²) >= 11 is 0. The quantitative estimate of drug-likeness (QED) is 0.419. The maximum absolute atomic E-state index is 13.1. The molecular weight excluding hydrogens is 460 g/mol. The first-order chi connectivity index (χ1) is 16.1. The number of anilines is 1. The standard InChI is InChI=1S/C22H24N6O5S/c1-16-14-21(27(24-16)18-6-8-19(9-7-18)28(30)31)23-22(29)17-4-3-5-20(15-17)34(32,33)26-12-10-25(2)11-13-26/h3-9,14-15H,10-13H2,1-2H3,(H,23,29). The van der Waals surface area contributed by atoms with Crippen molar-refractivity contribution in [3.63, 3.8) is 0 Å². The minimum atomic E-state index is -3.72. The molecule has 1 aromatic heterocycles. The summed E-state index contributed by atoms with van der Waals surface area (Å²) in [5, 5.41) is 18.0. The lowest BCUT2D eigenvalue weighted by Crippen LogP contribution is -2.47. The molecule has 178 valence electrons. The van der Waals surface area contributed by atoms with Crippen LogP contribution in [-0.2, 0) is 10.0 Å². The Morgan fingerprint density at radius 3 is 2.38 bits per heavy atom. The predicted molar refractivity (Wildman–Crippen MR) is 126 cm³/mol. The second kappa shape index (κ2) is 9.33. The van der Waals surface area contributed by atoms with Crippen LogP contribution in [0.15, 0.2) is 59.5 Å². The van der Waals surface area contributed by atoms with Gasteiger partial charge in [0.15, 0.2) is 0 Å². The van der Waals surface area contributed by atoms with E-state index in [4.69, 9.17) is 0 Å². The van der Waals surface area contributed by atoms with E-state index in [0.29, 0.717) is 43.4 Å². The molecule has 3 aromatic rings. The number of likely N-dealkylation sites (N-methyl/N-ethyl adjacent to an activating group) is 1. The number of piperazine rings is 1. The molecule has 0 bridgehead atoms. The van der Waals surface area contributed by atoms with Crippen molar-refractivity contribution < 1.29 is 18.1 Å². The number of hydrogen-bond acceptors (Lipinski definition) is 7. The molecule has 1 saturated heterocycles. The molecule has 0 radical (unpaired) electrons. The number of nitro groups is 1. The number of nitrogens with one attached hydrogen (secondary N) is 1. The number of nitrogens with zero attached hydrogens (tertiary/aromatic N) is 5. The maximum atomic E-state index is 13.1. The smallest absolute Gasteiger partial charge is 0.269 e. The van der Waals surface area contributed by atoms with Gasteiger partial charge in [0.05, 0.1) is 21.2 Å². The summed E-state index contributed by atoms with van der Waals surface area (Å²) in [5.41, 5.74) is 1.28. The molecule has 1 aliphatic heterocycles. The highest BCUT2D eigenvalue weighted by Gasteiger charge is 2.28. The van der Waals surface area contributed by atoms with Crippen molar-refractivity contribution in [2.75, 3.05) is 38.5 Å². The van der Waals surface area contributed by atoms with Gasteiger partial charge in [-0.1, -0.05) is 6.07 Å². The summed E-state index contributed by atoms with van der Waals surface area (Å²) in [6.45, 7) is 3.82. The summed E-state index contributed by atoms with van der Waals surface area (Å²) in [4.78, 5) is 25.5. The monoisotopic (exact) mass is 484 g/mol. The van der Waals surface area contributed by atoms with Crippen LogP contribution in [-0.4, -0.2) is 71.5 Å². The van der Waals surface area contributed by atoms with Gasteiger partial charge in [-0.05, 0) is 44.3 Å². The fourth-order valence-corrected chi connectivity index (χ4v) is 5.13. The van der Waals surface area contributed by atoms with Gasteiger partial charge in [-0.2, -0.15) is 9.40 Å². The SMILES string of the molecule is Cc1cc(NC(=O)c2cccc(S(=O)(=O)N3CCN(C)CC3)c2)n(-c2ccc([N+](=O)[O-])cc2)n1. The zero-order valence-electron chi connectivity index (χ0n) is 18.7. The largest absolute Gasteiger partial charge is 0.306 e. The van der Waals surface area contributed by atoms with Crippen molar-refractivity contribution in [1.82, 2.24) is 19.0 Å². The minimum absolute atomic E-state index is 0.0587. The Balaban J connectivity index is 1.57. The molecule has 1 N–H and O–H groups in total. The van der Waals surface area contributed by atoms with Gasteiger partial charge >= 0.3 is 0 Å². The van der Waals surface area contributed by atoms with Crippen molar-refractivity contribution in [3.8, 4) is 5.69 Å². The van der Waals surface area contributed by atoms with Gasteiger partial charge in [-0.15, -0.1) is 0 Å². The molecule has 0 aliphatic carbocycles. The van der Waals surface area contributed by atoms with E-state index in [0.717, 1.165) is 0 Å². The van der Waals surface area contributed by atoms with Gasteiger partial charge in [-0.3, -0.25) is 14.9 Å². The molecule has 11 nitrogen and oxygen atoms in total. The number of non-ortho nitro benzene ring substituents is 1. The van der Waals surface area contributed by atoms with Crippen molar-refractivity contribution in [2.45, 2.75) is 11.8 Å². The average Bonchev–Trinajstić information content (AvgIpc) is 3.19. The molecule has 0 unspecified atom stereocenters. The molecule has 4 rings (SSSR count). The lowest BCUT2D eigenvalue weighted by molar-refractivity contribution is -0.384. The van der Waals surface area contributed by atoms with Crippen LogP contribution in [0.1, 0.15) is 16.1 Å². The van der Waals surface area contributed by atoms with Crippen LogP contribution >= 0.6 is 0 Å². The van der Waals surface area contributed by atoms with Crippen molar-refractivity contribution in [3.05, 3.63) is 76.0 Å². The fraction of sp³-hybridized carbons (Fsp3) is 0.273. The van der Waals surface area contributed by atoms with Crippen LogP contribution in [0.3, 0.4) is 0 Å². The molecule has 1 fully saturated rings. The van der Waals surface area contributed by atoms with E-state index in [9.17, 15) is 23.3 Å². The highest BCUT2D eigenvalue weighted by atomic mass is 32.2. The van der Waals surface area contributed by atoms with E-state index in [-0.39, 0.29) is 16.1 Å². The molecule has 34 heavy (non-hydrogen) atoms. The zero-order valence-corrected chi connectivity index (χ0v) is 19.5. The maximum Gasteiger partial charge on any atom is 0.269 e. The third kappa shape index (κ3) is 4.83. The number of carbonyl (C=O) groups is 1. The summed E-state index contributed by atoms with van der Waals surface area (Å²) in [7, 11) is -1.78. The first-order valence-electron chi connectivity index (χ1n) is 10.6. The predicted octanol–water partition coefficient (Wildman–Crippen LogP) is 2.28. The molecular formula is C22H24N6O5S. The number of nitro benzene ring substituents is 1. The molecule has 1 amide bonds. The second-order valence-corrected chi connectivity index (χ2v) is 9.98. The van der Waals surface area contributed by atoms with E-state index in [1.807, 2.05) is 7.05 Å². The van der Waals surface area contributed by atoms with Gasteiger partial charge < -0.3 is 10.2 Å². The number of sulfonamides is 1. The summed E-state index contributed by atoms with van der Waals surface area (Å²) in [5.74, 6) is -0.151. The fourth-order valence-electron chi connectivity index (χ4n) is 3.66. The number of aromatic nitrogens is 2. The Labute approximate surface area is 196 Å². The van der Waals surface area contributed by atoms with Gasteiger partial charge in [0.2, 0.25) is 10.0 Å². The minimum Gasteiger partial charge on any atom is -0.306 e. The van der Waals surface area contributed by atoms with E-state index < -0.39 is 20.9 Å². The Morgan fingerprint density at radius 2 is 1.74 bits per heavy atom. The van der Waals surface area contributed by atoms with Gasteiger partial charge in [0.25, 0.3) is 11.6 Å². The molecule has 0 atom stereocenters. The van der Waals surface area contributed by atoms with E-state index in [2.05, 4.69) is 15.3 Å². The van der Waals surface area contributed by atoms with Crippen LogP contribution in [0.4, 0.5) is 11.5 Å². The van der Waals surface area contributed by atoms with Crippen molar-refractivity contribution >= 4 is 27.4 Å². The molecule has 12 heteroatoms. The second-order valence-electron chi connectivity index (χ2n) is 8.05. The van der Waals surface area contributed by atoms with E-state index in [1.54, 1.807) is 13.0 Å². The van der Waals surface area contributed by atoms with Crippen molar-refractivity contribution in [2.24, 2.45) is 0 Å². The number of hydrogen-bond donors (Lipinski definition) is 1.